The van der Waals surface area contributed by atoms with E-state index in [2.05, 4.69) is 17.1 Å². The Morgan fingerprint density at radius 3 is 2.96 bits per heavy atom. The van der Waals surface area contributed by atoms with Crippen molar-refractivity contribution < 1.29 is 13.9 Å². The van der Waals surface area contributed by atoms with Gasteiger partial charge in [0.1, 0.15) is 11.9 Å². The van der Waals surface area contributed by atoms with Gasteiger partial charge >= 0.3 is 0 Å². The molecular formula is C19H28N2O3. The van der Waals surface area contributed by atoms with Crippen LogP contribution in [0.25, 0.3) is 0 Å². The van der Waals surface area contributed by atoms with Crippen molar-refractivity contribution in [3.8, 4) is 0 Å². The van der Waals surface area contributed by atoms with Crippen LogP contribution in [0.2, 0.25) is 0 Å². The number of hydrogen-bond donors (Lipinski definition) is 1. The minimum absolute atomic E-state index is 0.101. The number of ether oxygens (including phenoxy) is 1. The fourth-order valence-corrected chi connectivity index (χ4v) is 4.19. The van der Waals surface area contributed by atoms with E-state index in [-0.39, 0.29) is 17.6 Å². The van der Waals surface area contributed by atoms with E-state index >= 15 is 0 Å². The summed E-state index contributed by atoms with van der Waals surface area (Å²) < 4.78 is 11.8. The molecule has 0 aromatic carbocycles. The first-order valence-corrected chi connectivity index (χ1v) is 9.35. The second kappa shape index (κ2) is 6.52. The minimum atomic E-state index is -0.247. The van der Waals surface area contributed by atoms with Crippen molar-refractivity contribution in [1.29, 1.82) is 0 Å². The zero-order chi connectivity index (χ0) is 16.6. The van der Waals surface area contributed by atoms with Crippen LogP contribution in [0.3, 0.4) is 0 Å². The normalized spacial score (nSPS) is 33.9. The minimum Gasteiger partial charge on any atom is -0.468 e. The van der Waals surface area contributed by atoms with E-state index in [0.717, 1.165) is 51.2 Å². The van der Waals surface area contributed by atoms with Gasteiger partial charge in [0.25, 0.3) is 0 Å². The summed E-state index contributed by atoms with van der Waals surface area (Å²) in [6, 6.07) is 3.97. The van der Waals surface area contributed by atoms with Gasteiger partial charge in [-0.05, 0) is 56.1 Å². The highest BCUT2D eigenvalue weighted by atomic mass is 16.5. The zero-order valence-electron chi connectivity index (χ0n) is 14.5. The molecule has 1 spiro atoms. The van der Waals surface area contributed by atoms with Crippen LogP contribution in [0.5, 0.6) is 0 Å². The second-order valence-electron chi connectivity index (χ2n) is 7.86. The molecule has 1 N–H and O–H groups in total. The van der Waals surface area contributed by atoms with Crippen LogP contribution in [0.15, 0.2) is 22.8 Å². The molecule has 0 radical (unpaired) electrons. The van der Waals surface area contributed by atoms with Crippen LogP contribution in [0.4, 0.5) is 0 Å². The van der Waals surface area contributed by atoms with Gasteiger partial charge in [0.15, 0.2) is 0 Å². The summed E-state index contributed by atoms with van der Waals surface area (Å²) in [7, 11) is 0. The summed E-state index contributed by atoms with van der Waals surface area (Å²) in [5, 5.41) is 3.08. The Morgan fingerprint density at radius 2 is 2.25 bits per heavy atom. The Bertz CT molecular complexity index is 569. The molecule has 0 bridgehead atoms. The summed E-state index contributed by atoms with van der Waals surface area (Å²) in [6.45, 7) is 5.95. The average molecular weight is 332 g/mol. The fourth-order valence-electron chi connectivity index (χ4n) is 4.19. The molecule has 1 aliphatic carbocycles. The van der Waals surface area contributed by atoms with E-state index in [1.807, 2.05) is 12.1 Å². The van der Waals surface area contributed by atoms with E-state index in [0.29, 0.717) is 11.8 Å². The Hall–Kier alpha value is -1.33. The molecule has 3 heterocycles. The predicted molar refractivity (Wildman–Crippen MR) is 90.3 cm³/mol. The number of likely N-dealkylation sites (tertiary alicyclic amines) is 1. The molecule has 4 rings (SSSR count). The van der Waals surface area contributed by atoms with E-state index in [1.54, 1.807) is 6.26 Å². The Balaban J connectivity index is 1.30. The lowest BCUT2D eigenvalue weighted by Gasteiger charge is -2.44. The molecule has 1 aromatic rings. The van der Waals surface area contributed by atoms with Crippen molar-refractivity contribution >= 4 is 5.91 Å². The number of rotatable bonds is 5. The lowest BCUT2D eigenvalue weighted by Crippen LogP contribution is -2.51. The van der Waals surface area contributed by atoms with Crippen molar-refractivity contribution in [2.24, 2.45) is 11.8 Å². The highest BCUT2D eigenvalue weighted by Gasteiger charge is 2.48. The Morgan fingerprint density at radius 1 is 1.38 bits per heavy atom. The summed E-state index contributed by atoms with van der Waals surface area (Å²) in [6.07, 6.45) is 6.87. The van der Waals surface area contributed by atoms with Crippen molar-refractivity contribution in [2.45, 2.75) is 57.3 Å². The Labute approximate surface area is 143 Å². The number of nitrogens with one attached hydrogen (secondary N) is 1. The van der Waals surface area contributed by atoms with E-state index < -0.39 is 0 Å². The largest absolute Gasteiger partial charge is 0.468 e. The summed E-state index contributed by atoms with van der Waals surface area (Å²) in [4.78, 5) is 14.8. The highest BCUT2D eigenvalue weighted by Crippen LogP contribution is 2.42. The maximum Gasteiger partial charge on any atom is 0.249 e. The number of nitrogens with zero attached hydrogens (tertiary/aromatic N) is 1. The number of furan rings is 1. The van der Waals surface area contributed by atoms with E-state index in [1.165, 1.54) is 12.8 Å². The van der Waals surface area contributed by atoms with Crippen LogP contribution in [0.1, 0.15) is 44.8 Å². The molecule has 132 valence electrons. The standard InChI is InChI=1S/C19H28N2O3/c1-14-12-21(13-16-3-2-10-23-16)9-8-19(14)7-6-17(24-19)18(22)20-11-15-4-5-15/h2-3,10,14-15,17H,4-9,11-13H2,1H3,(H,20,22)/t14-,17?,19+/m1/s1. The third-order valence-corrected chi connectivity index (χ3v) is 6.00. The van der Waals surface area contributed by atoms with Crippen molar-refractivity contribution in [3.05, 3.63) is 24.2 Å². The lowest BCUT2D eigenvalue weighted by atomic mass is 9.80. The van der Waals surface area contributed by atoms with Gasteiger partial charge in [0, 0.05) is 19.6 Å². The number of hydrogen-bond acceptors (Lipinski definition) is 4. The maximum absolute atomic E-state index is 12.3. The summed E-state index contributed by atoms with van der Waals surface area (Å²) in [5.74, 6) is 2.27. The third kappa shape index (κ3) is 3.38. The van der Waals surface area contributed by atoms with Crippen LogP contribution < -0.4 is 5.32 Å². The molecule has 24 heavy (non-hydrogen) atoms. The number of carbonyl (C=O) groups excluding carboxylic acids is 1. The lowest BCUT2D eigenvalue weighted by molar-refractivity contribution is -0.147. The predicted octanol–water partition coefficient (Wildman–Crippen LogP) is 2.57. The average Bonchev–Trinajstić information content (AvgIpc) is 3.07. The Kier molecular flexibility index (Phi) is 4.39. The number of amides is 1. The molecule has 1 saturated carbocycles. The fraction of sp³-hybridized carbons (Fsp3) is 0.737. The van der Waals surface area contributed by atoms with E-state index in [9.17, 15) is 4.79 Å². The number of carbonyl (C=O) groups is 1. The van der Waals surface area contributed by atoms with Gasteiger partial charge in [-0.15, -0.1) is 0 Å². The first-order valence-electron chi connectivity index (χ1n) is 9.35. The van der Waals surface area contributed by atoms with Crippen molar-refractivity contribution in [1.82, 2.24) is 10.2 Å². The molecule has 5 nitrogen and oxygen atoms in total. The molecule has 3 atom stereocenters. The van der Waals surface area contributed by atoms with Crippen LogP contribution >= 0.6 is 0 Å². The molecule has 1 amide bonds. The van der Waals surface area contributed by atoms with Gasteiger partial charge in [-0.2, -0.15) is 0 Å². The molecule has 3 fully saturated rings. The molecule has 2 saturated heterocycles. The smallest absolute Gasteiger partial charge is 0.249 e. The van der Waals surface area contributed by atoms with Crippen LogP contribution in [0, 0.1) is 11.8 Å². The first-order chi connectivity index (χ1) is 11.6. The summed E-state index contributed by atoms with van der Waals surface area (Å²) in [5.41, 5.74) is -0.110. The zero-order valence-corrected chi connectivity index (χ0v) is 14.5. The van der Waals surface area contributed by atoms with Gasteiger partial charge in [-0.3, -0.25) is 9.69 Å². The van der Waals surface area contributed by atoms with Gasteiger partial charge in [-0.25, -0.2) is 0 Å². The second-order valence-corrected chi connectivity index (χ2v) is 7.86. The van der Waals surface area contributed by atoms with Crippen molar-refractivity contribution in [3.63, 3.8) is 0 Å². The molecular weight excluding hydrogens is 304 g/mol. The molecule has 1 aromatic heterocycles. The van der Waals surface area contributed by atoms with Gasteiger partial charge in [-0.1, -0.05) is 6.92 Å². The maximum atomic E-state index is 12.3. The van der Waals surface area contributed by atoms with E-state index in [4.69, 9.17) is 9.15 Å². The monoisotopic (exact) mass is 332 g/mol. The SMILES string of the molecule is C[C@@H]1CN(Cc2ccco2)CC[C@@]12CCC(C(=O)NCC1CC1)O2. The first kappa shape index (κ1) is 16.2. The number of piperidine rings is 1. The molecule has 1 unspecified atom stereocenters. The van der Waals surface area contributed by atoms with Crippen LogP contribution in [-0.2, 0) is 16.1 Å². The highest BCUT2D eigenvalue weighted by molar-refractivity contribution is 5.81. The molecule has 5 heteroatoms. The topological polar surface area (TPSA) is 54.7 Å². The van der Waals surface area contributed by atoms with Crippen molar-refractivity contribution in [2.75, 3.05) is 19.6 Å². The van der Waals surface area contributed by atoms with Crippen LogP contribution in [-0.4, -0.2) is 42.1 Å². The van der Waals surface area contributed by atoms with Gasteiger partial charge in [0.05, 0.1) is 18.4 Å². The quantitative estimate of drug-likeness (QED) is 0.900. The molecule has 2 aliphatic heterocycles. The van der Waals surface area contributed by atoms with Gasteiger partial charge < -0.3 is 14.5 Å². The third-order valence-electron chi connectivity index (χ3n) is 6.00. The molecule has 3 aliphatic rings. The van der Waals surface area contributed by atoms with Gasteiger partial charge in [0.2, 0.25) is 5.91 Å². The summed E-state index contributed by atoms with van der Waals surface area (Å²) >= 11 is 0.